The monoisotopic (exact) mass is 244 g/mol. The summed E-state index contributed by atoms with van der Waals surface area (Å²) in [4.78, 5) is 22.1. The lowest BCUT2D eigenvalue weighted by atomic mass is 9.90. The van der Waals surface area contributed by atoms with E-state index in [0.29, 0.717) is 13.0 Å². The first-order valence-electron chi connectivity index (χ1n) is 6.07. The van der Waals surface area contributed by atoms with Gasteiger partial charge in [-0.2, -0.15) is 0 Å². The van der Waals surface area contributed by atoms with E-state index < -0.39 is 5.97 Å². The average Bonchev–Trinajstić information content (AvgIpc) is 2.25. The van der Waals surface area contributed by atoms with Crippen molar-refractivity contribution in [2.24, 2.45) is 5.41 Å². The highest BCUT2D eigenvalue weighted by molar-refractivity contribution is 5.75. The van der Waals surface area contributed by atoms with Crippen LogP contribution < -0.4 is 10.6 Å². The molecule has 3 N–H and O–H groups in total. The number of hydrogen-bond donors (Lipinski definition) is 3. The van der Waals surface area contributed by atoms with Crippen LogP contribution in [0.2, 0.25) is 0 Å². The van der Waals surface area contributed by atoms with E-state index in [4.69, 9.17) is 5.11 Å². The molecular formula is C12H24N2O3. The van der Waals surface area contributed by atoms with Crippen molar-refractivity contribution in [1.82, 2.24) is 10.6 Å². The summed E-state index contributed by atoms with van der Waals surface area (Å²) in [6.07, 6.45) is 1.54. The maximum absolute atomic E-state index is 11.5. The van der Waals surface area contributed by atoms with Crippen molar-refractivity contribution in [3.63, 3.8) is 0 Å². The number of carbonyl (C=O) groups is 2. The molecule has 5 heteroatoms. The zero-order valence-electron chi connectivity index (χ0n) is 11.2. The molecule has 0 rings (SSSR count). The summed E-state index contributed by atoms with van der Waals surface area (Å²) in [7, 11) is 0. The molecule has 0 saturated carbocycles. The molecule has 0 saturated heterocycles. The van der Waals surface area contributed by atoms with Crippen LogP contribution in [0, 0.1) is 5.41 Å². The van der Waals surface area contributed by atoms with E-state index >= 15 is 0 Å². The summed E-state index contributed by atoms with van der Waals surface area (Å²) in [6.45, 7) is 8.64. The third-order valence-electron chi connectivity index (χ3n) is 2.93. The maximum atomic E-state index is 11.5. The van der Waals surface area contributed by atoms with Crippen molar-refractivity contribution in [2.45, 2.75) is 53.0 Å². The molecular weight excluding hydrogens is 220 g/mol. The molecule has 0 aromatic carbocycles. The highest BCUT2D eigenvalue weighted by Gasteiger charge is 2.18. The lowest BCUT2D eigenvalue weighted by molar-refractivity contribution is -0.137. The summed E-state index contributed by atoms with van der Waals surface area (Å²) in [5, 5.41) is 14.1. The summed E-state index contributed by atoms with van der Waals surface area (Å²) in [5.41, 5.74) is 0.0614. The van der Waals surface area contributed by atoms with Crippen molar-refractivity contribution >= 4 is 12.0 Å². The smallest absolute Gasteiger partial charge is 0.315 e. The number of nitrogens with one attached hydrogen (secondary N) is 2. The number of carboxylic acid groups (broad SMARTS) is 1. The molecule has 0 bridgehead atoms. The summed E-state index contributed by atoms with van der Waals surface area (Å²) in [5.74, 6) is -0.897. The molecule has 0 aliphatic carbocycles. The van der Waals surface area contributed by atoms with Gasteiger partial charge >= 0.3 is 12.0 Å². The molecule has 2 amide bonds. The lowest BCUT2D eigenvalue weighted by Gasteiger charge is -2.24. The Labute approximate surface area is 103 Å². The van der Waals surface area contributed by atoms with Crippen LogP contribution in [0.5, 0.6) is 0 Å². The van der Waals surface area contributed by atoms with Gasteiger partial charge in [0.25, 0.3) is 0 Å². The zero-order chi connectivity index (χ0) is 13.5. The zero-order valence-corrected chi connectivity index (χ0v) is 11.2. The molecule has 0 radical (unpaired) electrons. The van der Waals surface area contributed by atoms with Crippen molar-refractivity contribution in [3.05, 3.63) is 0 Å². The quantitative estimate of drug-likeness (QED) is 0.640. The first kappa shape index (κ1) is 15.7. The Balaban J connectivity index is 4.03. The van der Waals surface area contributed by atoms with E-state index in [9.17, 15) is 9.59 Å². The number of rotatable bonds is 7. The molecule has 17 heavy (non-hydrogen) atoms. The van der Waals surface area contributed by atoms with Crippen molar-refractivity contribution in [1.29, 1.82) is 0 Å². The van der Waals surface area contributed by atoms with E-state index in [0.717, 1.165) is 6.42 Å². The van der Waals surface area contributed by atoms with Gasteiger partial charge in [0.05, 0.1) is 6.42 Å². The van der Waals surface area contributed by atoms with Crippen LogP contribution in [0.25, 0.3) is 0 Å². The molecule has 1 unspecified atom stereocenters. The van der Waals surface area contributed by atoms with Gasteiger partial charge in [0.1, 0.15) is 0 Å². The average molecular weight is 244 g/mol. The first-order chi connectivity index (χ1) is 7.80. The van der Waals surface area contributed by atoms with E-state index in [1.165, 1.54) is 0 Å². The molecule has 0 aromatic rings. The Morgan fingerprint density at radius 2 is 1.88 bits per heavy atom. The molecule has 100 valence electrons. The first-order valence-corrected chi connectivity index (χ1v) is 6.07. The highest BCUT2D eigenvalue weighted by Crippen LogP contribution is 2.17. The normalized spacial score (nSPS) is 12.9. The predicted molar refractivity (Wildman–Crippen MR) is 66.9 cm³/mol. The largest absolute Gasteiger partial charge is 0.481 e. The number of carboxylic acids is 1. The number of hydrogen-bond acceptors (Lipinski definition) is 2. The standard InChI is InChI=1S/C12H24N2O3/c1-5-9(7-10(15)16)14-11(17)13-8-12(3,4)6-2/h9H,5-8H2,1-4H3,(H,15,16)(H2,13,14,17). The van der Waals surface area contributed by atoms with Gasteiger partial charge in [-0.3, -0.25) is 4.79 Å². The Hall–Kier alpha value is -1.26. The van der Waals surface area contributed by atoms with Crippen molar-refractivity contribution in [3.8, 4) is 0 Å². The van der Waals surface area contributed by atoms with Crippen LogP contribution in [0.4, 0.5) is 4.79 Å². The van der Waals surface area contributed by atoms with Crippen molar-refractivity contribution < 1.29 is 14.7 Å². The van der Waals surface area contributed by atoms with Gasteiger partial charge in [0.2, 0.25) is 0 Å². The van der Waals surface area contributed by atoms with Gasteiger partial charge in [0, 0.05) is 12.6 Å². The molecule has 0 fully saturated rings. The fourth-order valence-electron chi connectivity index (χ4n) is 1.19. The molecule has 5 nitrogen and oxygen atoms in total. The molecule has 0 aromatic heterocycles. The van der Waals surface area contributed by atoms with E-state index in [1.54, 1.807) is 0 Å². The SMILES string of the molecule is CCC(CC(=O)O)NC(=O)NCC(C)(C)CC. The number of carbonyl (C=O) groups excluding carboxylic acids is 1. The van der Waals surface area contributed by atoms with Gasteiger partial charge < -0.3 is 15.7 Å². The second-order valence-corrected chi connectivity index (χ2v) is 5.05. The molecule has 1 atom stereocenters. The molecule has 0 aliphatic rings. The minimum Gasteiger partial charge on any atom is -0.481 e. The number of urea groups is 1. The van der Waals surface area contributed by atoms with Crippen LogP contribution in [-0.2, 0) is 4.79 Å². The van der Waals surface area contributed by atoms with Gasteiger partial charge in [0.15, 0.2) is 0 Å². The second kappa shape index (κ2) is 7.14. The molecule has 0 spiro atoms. The minimum absolute atomic E-state index is 0.0406. The highest BCUT2D eigenvalue weighted by atomic mass is 16.4. The fourth-order valence-corrected chi connectivity index (χ4v) is 1.19. The Morgan fingerprint density at radius 3 is 2.29 bits per heavy atom. The lowest BCUT2D eigenvalue weighted by Crippen LogP contribution is -2.45. The van der Waals surface area contributed by atoms with Crippen LogP contribution >= 0.6 is 0 Å². The maximum Gasteiger partial charge on any atom is 0.315 e. The van der Waals surface area contributed by atoms with Gasteiger partial charge in [-0.15, -0.1) is 0 Å². The third kappa shape index (κ3) is 7.60. The topological polar surface area (TPSA) is 78.4 Å². The summed E-state index contributed by atoms with van der Waals surface area (Å²) in [6, 6.07) is -0.600. The number of amides is 2. The van der Waals surface area contributed by atoms with Crippen LogP contribution in [0.15, 0.2) is 0 Å². The molecule has 0 heterocycles. The summed E-state index contributed by atoms with van der Waals surface area (Å²) < 4.78 is 0. The van der Waals surface area contributed by atoms with Crippen LogP contribution in [0.3, 0.4) is 0 Å². The Bertz CT molecular complexity index is 264. The van der Waals surface area contributed by atoms with Gasteiger partial charge in [-0.1, -0.05) is 27.7 Å². The van der Waals surface area contributed by atoms with E-state index in [-0.39, 0.29) is 23.9 Å². The third-order valence-corrected chi connectivity index (χ3v) is 2.93. The van der Waals surface area contributed by atoms with Crippen LogP contribution in [-0.4, -0.2) is 29.7 Å². The molecule has 0 aliphatic heterocycles. The van der Waals surface area contributed by atoms with E-state index in [2.05, 4.69) is 31.4 Å². The van der Waals surface area contributed by atoms with Gasteiger partial charge in [-0.25, -0.2) is 4.79 Å². The van der Waals surface area contributed by atoms with Gasteiger partial charge in [-0.05, 0) is 18.3 Å². The second-order valence-electron chi connectivity index (χ2n) is 5.05. The minimum atomic E-state index is -0.897. The predicted octanol–water partition coefficient (Wildman–Crippen LogP) is 1.98. The van der Waals surface area contributed by atoms with Crippen molar-refractivity contribution in [2.75, 3.05) is 6.54 Å². The Kier molecular flexibility index (Phi) is 6.61. The fraction of sp³-hybridized carbons (Fsp3) is 0.833. The Morgan fingerprint density at radius 1 is 1.29 bits per heavy atom. The number of aliphatic carboxylic acids is 1. The van der Waals surface area contributed by atoms with Crippen LogP contribution in [0.1, 0.15) is 47.0 Å². The van der Waals surface area contributed by atoms with E-state index in [1.807, 2.05) is 6.92 Å². The summed E-state index contributed by atoms with van der Waals surface area (Å²) >= 11 is 0.